The van der Waals surface area contributed by atoms with Crippen molar-refractivity contribution in [3.05, 3.63) is 131 Å². The second-order valence-corrected chi connectivity index (χ2v) is 10.5. The third-order valence-electron chi connectivity index (χ3n) is 7.18. The summed E-state index contributed by atoms with van der Waals surface area (Å²) in [6, 6.07) is 30.9. The molecule has 42 heavy (non-hydrogen) atoms. The van der Waals surface area contributed by atoms with Gasteiger partial charge in [0.15, 0.2) is 5.65 Å². The van der Waals surface area contributed by atoms with E-state index in [2.05, 4.69) is 0 Å². The Balaban J connectivity index is 1.47. The third kappa shape index (κ3) is 5.50. The molecule has 0 N–H and O–H groups in total. The molecule has 0 radical (unpaired) electrons. The normalized spacial score (nSPS) is 11.7. The molecule has 6 rings (SSSR count). The average molecular weight is 564 g/mol. The van der Waals surface area contributed by atoms with Crippen LogP contribution in [-0.2, 0) is 12.8 Å². The Morgan fingerprint density at radius 3 is 2.00 bits per heavy atom. The van der Waals surface area contributed by atoms with Gasteiger partial charge in [0.25, 0.3) is 0 Å². The van der Waals surface area contributed by atoms with Gasteiger partial charge in [-0.2, -0.15) is 18.3 Å². The zero-order valence-corrected chi connectivity index (χ0v) is 23.4. The predicted molar refractivity (Wildman–Crippen MR) is 160 cm³/mol. The minimum atomic E-state index is -4.63. The first-order valence-electron chi connectivity index (χ1n) is 13.6. The largest absolute Gasteiger partial charge is 0.489 e. The maximum Gasteiger partial charge on any atom is 0.417 e. The van der Waals surface area contributed by atoms with Crippen LogP contribution in [0, 0.1) is 20.8 Å². The minimum absolute atomic E-state index is 0.0335. The molecule has 0 spiro atoms. The Morgan fingerprint density at radius 2 is 1.36 bits per heavy atom. The molecule has 0 saturated heterocycles. The molecular weight excluding hydrogens is 535 g/mol. The minimum Gasteiger partial charge on any atom is -0.489 e. The van der Waals surface area contributed by atoms with E-state index in [1.807, 2.05) is 81.4 Å². The molecule has 7 heteroatoms. The van der Waals surface area contributed by atoms with Gasteiger partial charge in [0, 0.05) is 11.1 Å². The zero-order chi connectivity index (χ0) is 29.4. The summed E-state index contributed by atoms with van der Waals surface area (Å²) in [6.07, 6.45) is -4.63. The van der Waals surface area contributed by atoms with Crippen molar-refractivity contribution >= 4 is 11.0 Å². The summed E-state index contributed by atoms with van der Waals surface area (Å²) in [4.78, 5) is 4.77. The molecule has 0 bridgehead atoms. The Labute approximate surface area is 242 Å². The van der Waals surface area contributed by atoms with E-state index in [-0.39, 0.29) is 22.4 Å². The van der Waals surface area contributed by atoms with Crippen LogP contribution in [0.4, 0.5) is 13.2 Å². The first-order valence-corrected chi connectivity index (χ1v) is 13.6. The van der Waals surface area contributed by atoms with E-state index in [1.165, 1.54) is 4.68 Å². The monoisotopic (exact) mass is 563 g/mol. The molecule has 0 atom stereocenters. The average Bonchev–Trinajstić information content (AvgIpc) is 3.36. The number of fused-ring (bicyclic) bond motifs is 1. The fourth-order valence-corrected chi connectivity index (χ4v) is 4.96. The van der Waals surface area contributed by atoms with E-state index in [1.54, 1.807) is 36.4 Å². The smallest absolute Gasteiger partial charge is 0.417 e. The number of hydrogen-bond acceptors (Lipinski definition) is 3. The van der Waals surface area contributed by atoms with Crippen LogP contribution in [0.5, 0.6) is 5.75 Å². The number of aryl methyl sites for hydroxylation is 3. The van der Waals surface area contributed by atoms with Gasteiger partial charge in [-0.15, -0.1) is 0 Å². The predicted octanol–water partition coefficient (Wildman–Crippen LogP) is 9.28. The number of aromatic nitrogens is 3. The number of benzene rings is 4. The van der Waals surface area contributed by atoms with Gasteiger partial charge in [0.1, 0.15) is 18.1 Å². The van der Waals surface area contributed by atoms with E-state index in [0.29, 0.717) is 29.2 Å². The maximum atomic E-state index is 14.7. The molecule has 0 aliphatic heterocycles. The van der Waals surface area contributed by atoms with E-state index in [0.717, 1.165) is 28.3 Å². The van der Waals surface area contributed by atoms with Crippen molar-refractivity contribution in [1.82, 2.24) is 14.8 Å². The van der Waals surface area contributed by atoms with Gasteiger partial charge in [-0.25, -0.2) is 9.67 Å². The molecule has 0 unspecified atom stereocenters. The molecule has 0 saturated carbocycles. The molecule has 0 fully saturated rings. The second-order valence-electron chi connectivity index (χ2n) is 10.5. The standard InChI is InChI=1S/C35H28F3N3O/c1-22-7-11-27(12-8-22)33-32-30(35(36,37)38)20-31(39-34(32)41(40-33)28-15-9-23(2)10-16-28)26-13-17-29(18-14-26)42-21-25-6-4-5-24(3)19-25/h4-20H,21H2,1-3H3. The van der Waals surface area contributed by atoms with Gasteiger partial charge in [0.2, 0.25) is 0 Å². The molecule has 2 aromatic heterocycles. The van der Waals surface area contributed by atoms with E-state index in [4.69, 9.17) is 14.8 Å². The lowest BCUT2D eigenvalue weighted by Crippen LogP contribution is -2.08. The van der Waals surface area contributed by atoms with Crippen molar-refractivity contribution < 1.29 is 17.9 Å². The van der Waals surface area contributed by atoms with Crippen LogP contribution in [0.1, 0.15) is 27.8 Å². The molecule has 0 aliphatic carbocycles. The highest BCUT2D eigenvalue weighted by molar-refractivity contribution is 5.96. The summed E-state index contributed by atoms with van der Waals surface area (Å²) >= 11 is 0. The molecule has 6 aromatic rings. The maximum absolute atomic E-state index is 14.7. The fraction of sp³-hybridized carbons (Fsp3) is 0.143. The van der Waals surface area contributed by atoms with Crippen LogP contribution in [0.3, 0.4) is 0 Å². The van der Waals surface area contributed by atoms with Crippen LogP contribution < -0.4 is 4.74 Å². The zero-order valence-electron chi connectivity index (χ0n) is 23.4. The number of nitrogens with zero attached hydrogens (tertiary/aromatic N) is 3. The van der Waals surface area contributed by atoms with Crippen molar-refractivity contribution in [2.24, 2.45) is 0 Å². The number of rotatable bonds is 6. The van der Waals surface area contributed by atoms with E-state index < -0.39 is 11.7 Å². The van der Waals surface area contributed by atoms with Gasteiger partial charge in [-0.3, -0.25) is 0 Å². The van der Waals surface area contributed by atoms with Crippen LogP contribution in [-0.4, -0.2) is 14.8 Å². The van der Waals surface area contributed by atoms with Crippen LogP contribution >= 0.6 is 0 Å². The first kappa shape index (κ1) is 27.3. The number of hydrogen-bond donors (Lipinski definition) is 0. The van der Waals surface area contributed by atoms with Crippen molar-refractivity contribution in [2.45, 2.75) is 33.6 Å². The van der Waals surface area contributed by atoms with Crippen molar-refractivity contribution in [3.63, 3.8) is 0 Å². The molecular formula is C35H28F3N3O. The highest BCUT2D eigenvalue weighted by Crippen LogP contribution is 2.41. The van der Waals surface area contributed by atoms with Gasteiger partial charge in [-0.1, -0.05) is 77.4 Å². The van der Waals surface area contributed by atoms with Crippen LogP contribution in [0.15, 0.2) is 103 Å². The Hall–Kier alpha value is -4.91. The quantitative estimate of drug-likeness (QED) is 0.203. The summed E-state index contributed by atoms with van der Waals surface area (Å²) < 4.78 is 51.5. The molecule has 4 nitrogen and oxygen atoms in total. The van der Waals surface area contributed by atoms with Gasteiger partial charge in [-0.05, 0) is 68.8 Å². The number of alkyl halides is 3. The highest BCUT2D eigenvalue weighted by atomic mass is 19.4. The summed E-state index contributed by atoms with van der Waals surface area (Å²) in [6.45, 7) is 6.29. The Bertz CT molecular complexity index is 1870. The first-order chi connectivity index (χ1) is 20.2. The number of pyridine rings is 1. The van der Waals surface area contributed by atoms with Crippen molar-refractivity contribution in [3.8, 4) is 34.0 Å². The van der Waals surface area contributed by atoms with Gasteiger partial charge in [0.05, 0.1) is 22.3 Å². The Kier molecular flexibility index (Phi) is 7.02. The fourth-order valence-electron chi connectivity index (χ4n) is 4.96. The molecule has 0 aliphatic rings. The van der Waals surface area contributed by atoms with Crippen molar-refractivity contribution in [2.75, 3.05) is 0 Å². The lowest BCUT2D eigenvalue weighted by atomic mass is 10.0. The molecule has 2 heterocycles. The highest BCUT2D eigenvalue weighted by Gasteiger charge is 2.36. The molecule has 210 valence electrons. The van der Waals surface area contributed by atoms with E-state index in [9.17, 15) is 13.2 Å². The summed E-state index contributed by atoms with van der Waals surface area (Å²) in [5.41, 5.74) is 5.76. The Morgan fingerprint density at radius 1 is 0.714 bits per heavy atom. The number of halogens is 3. The molecule has 0 amide bonds. The molecule has 4 aromatic carbocycles. The van der Waals surface area contributed by atoms with Crippen molar-refractivity contribution in [1.29, 1.82) is 0 Å². The van der Waals surface area contributed by atoms with Gasteiger partial charge >= 0.3 is 6.18 Å². The SMILES string of the molecule is Cc1ccc(-c2nn(-c3ccc(C)cc3)c3nc(-c4ccc(OCc5cccc(C)c5)cc4)cc(C(F)(F)F)c23)cc1. The number of ether oxygens (including phenoxy) is 1. The summed E-state index contributed by atoms with van der Waals surface area (Å²) in [5.74, 6) is 0.615. The van der Waals surface area contributed by atoms with Gasteiger partial charge < -0.3 is 4.74 Å². The summed E-state index contributed by atoms with van der Waals surface area (Å²) in [5, 5.41) is 4.67. The lowest BCUT2D eigenvalue weighted by molar-refractivity contribution is -0.136. The van der Waals surface area contributed by atoms with Crippen LogP contribution in [0.2, 0.25) is 0 Å². The lowest BCUT2D eigenvalue weighted by Gasteiger charge is -2.13. The third-order valence-corrected chi connectivity index (χ3v) is 7.18. The summed E-state index contributed by atoms with van der Waals surface area (Å²) in [7, 11) is 0. The van der Waals surface area contributed by atoms with Crippen LogP contribution in [0.25, 0.3) is 39.2 Å². The second kappa shape index (κ2) is 10.8. The van der Waals surface area contributed by atoms with E-state index >= 15 is 0 Å². The topological polar surface area (TPSA) is 39.9 Å².